The number of amides is 4. The molecule has 2 aromatic rings. The molecule has 0 spiro atoms. The van der Waals surface area contributed by atoms with E-state index in [1.807, 2.05) is 0 Å². The minimum Gasteiger partial charge on any atom is -0.455 e. The van der Waals surface area contributed by atoms with Crippen molar-refractivity contribution in [3.05, 3.63) is 59.7 Å². The summed E-state index contributed by atoms with van der Waals surface area (Å²) in [6.45, 7) is 4.41. The third-order valence-corrected chi connectivity index (χ3v) is 8.03. The van der Waals surface area contributed by atoms with E-state index >= 15 is 0 Å². The molecule has 1 aliphatic rings. The SMILES string of the molecule is COCOC(CC(=O)N(NC(=O)OC)C(C)C)C(=O)OCC(=O)c1ccc(-c2ccc(C(=O)COC(=O)C3OCOC3C(=O)N(NC(=O)OC)C(C)C)cc2)cc1. The molecular formula is C37H46N4O16. The molecule has 2 N–H and O–H groups in total. The Kier molecular flexibility index (Phi) is 17.5. The van der Waals surface area contributed by atoms with E-state index in [4.69, 9.17) is 28.4 Å². The van der Waals surface area contributed by atoms with E-state index in [0.29, 0.717) is 11.1 Å². The van der Waals surface area contributed by atoms with Crippen molar-refractivity contribution in [3.8, 4) is 11.1 Å². The number of esters is 2. The molecule has 20 heteroatoms. The molecule has 1 heterocycles. The number of nitrogens with one attached hydrogen (secondary N) is 2. The first-order chi connectivity index (χ1) is 27.1. The Bertz CT molecular complexity index is 1750. The number of carbonyl (C=O) groups is 8. The maximum atomic E-state index is 13.0. The lowest BCUT2D eigenvalue weighted by Gasteiger charge is -2.29. The van der Waals surface area contributed by atoms with Gasteiger partial charge in [-0.1, -0.05) is 48.5 Å². The number of methoxy groups -OCH3 is 3. The highest BCUT2D eigenvalue weighted by atomic mass is 16.7. The van der Waals surface area contributed by atoms with Gasteiger partial charge in [0.25, 0.3) is 5.91 Å². The highest BCUT2D eigenvalue weighted by Crippen LogP contribution is 2.22. The normalized spacial score (nSPS) is 15.2. The third-order valence-electron chi connectivity index (χ3n) is 8.03. The fourth-order valence-electron chi connectivity index (χ4n) is 5.03. The monoisotopic (exact) mass is 802 g/mol. The van der Waals surface area contributed by atoms with Crippen LogP contribution in [-0.2, 0) is 57.1 Å². The number of hydrazine groups is 2. The zero-order valence-corrected chi connectivity index (χ0v) is 32.5. The predicted molar refractivity (Wildman–Crippen MR) is 193 cm³/mol. The van der Waals surface area contributed by atoms with E-state index in [1.165, 1.54) is 31.4 Å². The largest absolute Gasteiger partial charge is 0.455 e. The second-order valence-corrected chi connectivity index (χ2v) is 12.6. The zero-order chi connectivity index (χ0) is 42.2. The van der Waals surface area contributed by atoms with Gasteiger partial charge in [0.2, 0.25) is 5.91 Å². The number of ether oxygens (including phenoxy) is 8. The molecule has 1 fully saturated rings. The molecule has 0 aromatic heterocycles. The van der Waals surface area contributed by atoms with E-state index in [-0.39, 0.29) is 17.9 Å². The van der Waals surface area contributed by atoms with E-state index in [0.717, 1.165) is 24.2 Å². The maximum Gasteiger partial charge on any atom is 0.425 e. The van der Waals surface area contributed by atoms with Gasteiger partial charge in [0.1, 0.15) is 13.6 Å². The van der Waals surface area contributed by atoms with Gasteiger partial charge in [-0.05, 0) is 38.8 Å². The van der Waals surface area contributed by atoms with Crippen molar-refractivity contribution in [3.63, 3.8) is 0 Å². The van der Waals surface area contributed by atoms with Crippen LogP contribution in [0, 0.1) is 0 Å². The van der Waals surface area contributed by atoms with Crippen molar-refractivity contribution in [1.82, 2.24) is 20.9 Å². The molecule has 2 aromatic carbocycles. The fraction of sp³-hybridized carbons (Fsp3) is 0.459. The second-order valence-electron chi connectivity index (χ2n) is 12.6. The summed E-state index contributed by atoms with van der Waals surface area (Å²) in [4.78, 5) is 101. The lowest BCUT2D eigenvalue weighted by molar-refractivity contribution is -0.168. The van der Waals surface area contributed by atoms with Crippen LogP contribution in [0.4, 0.5) is 9.59 Å². The van der Waals surface area contributed by atoms with Gasteiger partial charge in [-0.3, -0.25) is 19.2 Å². The molecule has 20 nitrogen and oxygen atoms in total. The first-order valence-electron chi connectivity index (χ1n) is 17.4. The van der Waals surface area contributed by atoms with Crippen LogP contribution in [0.5, 0.6) is 0 Å². The van der Waals surface area contributed by atoms with Crippen LogP contribution >= 0.6 is 0 Å². The van der Waals surface area contributed by atoms with Crippen molar-refractivity contribution < 1.29 is 76.3 Å². The van der Waals surface area contributed by atoms with E-state index < -0.39 is 104 Å². The third kappa shape index (κ3) is 13.1. The first kappa shape index (κ1) is 45.4. The summed E-state index contributed by atoms with van der Waals surface area (Å²) >= 11 is 0. The van der Waals surface area contributed by atoms with Crippen LogP contribution in [0.2, 0.25) is 0 Å². The average Bonchev–Trinajstić information content (AvgIpc) is 3.71. The molecule has 1 aliphatic heterocycles. The number of nitrogens with zero attached hydrogens (tertiary/aromatic N) is 2. The van der Waals surface area contributed by atoms with E-state index in [2.05, 4.69) is 20.3 Å². The summed E-state index contributed by atoms with van der Waals surface area (Å²) in [6, 6.07) is 11.6. The van der Waals surface area contributed by atoms with Crippen molar-refractivity contribution in [2.75, 3.05) is 48.1 Å². The number of ketones is 2. The highest BCUT2D eigenvalue weighted by molar-refractivity contribution is 6.00. The lowest BCUT2D eigenvalue weighted by Crippen LogP contribution is -2.56. The summed E-state index contributed by atoms with van der Waals surface area (Å²) < 4.78 is 40.0. The Hall–Kier alpha value is -5.96. The van der Waals surface area contributed by atoms with Crippen molar-refractivity contribution in [2.45, 2.75) is 64.5 Å². The Morgan fingerprint density at radius 3 is 1.63 bits per heavy atom. The molecule has 1 saturated heterocycles. The summed E-state index contributed by atoms with van der Waals surface area (Å²) in [6.07, 6.45) is -6.72. The highest BCUT2D eigenvalue weighted by Gasteiger charge is 2.44. The second kappa shape index (κ2) is 22.0. The van der Waals surface area contributed by atoms with Gasteiger partial charge in [-0.25, -0.2) is 40.0 Å². The van der Waals surface area contributed by atoms with Gasteiger partial charge in [-0.2, -0.15) is 0 Å². The molecular weight excluding hydrogens is 756 g/mol. The van der Waals surface area contributed by atoms with Crippen LogP contribution in [0.3, 0.4) is 0 Å². The quantitative estimate of drug-likeness (QED) is 0.0764. The Labute approximate surface area is 327 Å². The minimum atomic E-state index is -1.49. The van der Waals surface area contributed by atoms with Gasteiger partial charge >= 0.3 is 24.1 Å². The Morgan fingerprint density at radius 1 is 0.684 bits per heavy atom. The zero-order valence-electron chi connectivity index (χ0n) is 32.5. The number of hydrogen-bond acceptors (Lipinski definition) is 16. The minimum absolute atomic E-state index is 0.218. The van der Waals surface area contributed by atoms with Crippen LogP contribution in [0.1, 0.15) is 54.8 Å². The van der Waals surface area contributed by atoms with Crippen LogP contribution in [-0.4, -0.2) is 136 Å². The molecule has 0 saturated carbocycles. The van der Waals surface area contributed by atoms with Crippen LogP contribution in [0.15, 0.2) is 48.5 Å². The molecule has 0 aliphatic carbocycles. The summed E-state index contributed by atoms with van der Waals surface area (Å²) in [7, 11) is 3.56. The molecule has 3 atom stereocenters. The van der Waals surface area contributed by atoms with Crippen molar-refractivity contribution in [1.29, 1.82) is 0 Å². The molecule has 310 valence electrons. The van der Waals surface area contributed by atoms with Crippen molar-refractivity contribution in [2.24, 2.45) is 0 Å². The number of carbonyl (C=O) groups excluding carboxylic acids is 8. The fourth-order valence-corrected chi connectivity index (χ4v) is 5.03. The maximum absolute atomic E-state index is 13.0. The molecule has 4 amide bonds. The average molecular weight is 803 g/mol. The molecule has 3 rings (SSSR count). The van der Waals surface area contributed by atoms with Gasteiger partial charge < -0.3 is 37.9 Å². The lowest BCUT2D eigenvalue weighted by atomic mass is 10.0. The van der Waals surface area contributed by atoms with Crippen LogP contribution < -0.4 is 10.9 Å². The van der Waals surface area contributed by atoms with E-state index in [9.17, 15) is 38.4 Å². The molecule has 0 bridgehead atoms. The van der Waals surface area contributed by atoms with Gasteiger partial charge in [0, 0.05) is 30.3 Å². The molecule has 3 unspecified atom stereocenters. The predicted octanol–water partition coefficient (Wildman–Crippen LogP) is 1.94. The summed E-state index contributed by atoms with van der Waals surface area (Å²) in [5, 5.41) is 1.90. The summed E-state index contributed by atoms with van der Waals surface area (Å²) in [5.41, 5.74) is 6.32. The van der Waals surface area contributed by atoms with Crippen LogP contribution in [0.25, 0.3) is 11.1 Å². The number of Topliss-reactive ketones (excluding diaryl/α,β-unsaturated/α-hetero) is 2. The Balaban J connectivity index is 1.55. The van der Waals surface area contributed by atoms with Crippen molar-refractivity contribution >= 4 is 47.5 Å². The molecule has 0 radical (unpaired) electrons. The van der Waals surface area contributed by atoms with E-state index in [1.54, 1.807) is 52.0 Å². The standard InChI is InChI=1S/C37H46N4O16/c1-21(2)40(38-36(48)51-6)30(44)16-29(55-19-50-5)34(46)53-17-27(42)25-12-8-23(9-13-25)24-10-14-26(15-11-24)28(43)18-54-35(47)32-31(56-20-57-32)33(45)41(22(3)4)39-37(49)52-7/h8-15,21-22,29,31-32H,16-20H2,1-7H3,(H,38,48)(H,39,49). The number of rotatable bonds is 17. The smallest absolute Gasteiger partial charge is 0.425 e. The first-order valence-corrected chi connectivity index (χ1v) is 17.4. The van der Waals surface area contributed by atoms with Gasteiger partial charge in [0.15, 0.2) is 43.1 Å². The Morgan fingerprint density at radius 2 is 1.16 bits per heavy atom. The van der Waals surface area contributed by atoms with Gasteiger partial charge in [-0.15, -0.1) is 0 Å². The summed E-state index contributed by atoms with van der Waals surface area (Å²) in [5.74, 6) is -4.57. The molecule has 57 heavy (non-hydrogen) atoms. The topological polar surface area (TPSA) is 241 Å². The number of hydrogen-bond donors (Lipinski definition) is 2. The number of benzene rings is 2. The van der Waals surface area contributed by atoms with Gasteiger partial charge in [0.05, 0.1) is 20.6 Å².